The number of phenols is 2. The molecule has 0 unspecified atom stereocenters. The van der Waals surface area contributed by atoms with Gasteiger partial charge in [-0.1, -0.05) is 34.1 Å². The number of benzene rings is 1. The molecule has 3 rings (SSSR count). The molecule has 0 bridgehead atoms. The van der Waals surface area contributed by atoms with Gasteiger partial charge in [0.1, 0.15) is 11.5 Å². The van der Waals surface area contributed by atoms with Crippen molar-refractivity contribution in [2.45, 2.75) is 66.3 Å². The van der Waals surface area contributed by atoms with E-state index in [1.165, 1.54) is 25.1 Å². The smallest absolute Gasteiger partial charge is 0.217 e. The summed E-state index contributed by atoms with van der Waals surface area (Å²) < 4.78 is 0. The van der Waals surface area contributed by atoms with Crippen molar-refractivity contribution < 1.29 is 19.8 Å². The van der Waals surface area contributed by atoms with Gasteiger partial charge in [-0.15, -0.1) is 0 Å². The van der Waals surface area contributed by atoms with Gasteiger partial charge in [-0.05, 0) is 54.1 Å². The number of hydrogen-bond donors (Lipinski definition) is 3. The van der Waals surface area contributed by atoms with E-state index in [1.807, 2.05) is 0 Å². The third-order valence-corrected chi connectivity index (χ3v) is 7.49. The number of amides is 1. The Morgan fingerprint density at radius 1 is 1.07 bits per heavy atom. The Kier molecular flexibility index (Phi) is 5.24. The van der Waals surface area contributed by atoms with Crippen LogP contribution in [0.5, 0.6) is 11.5 Å². The van der Waals surface area contributed by atoms with E-state index >= 15 is 0 Å². The number of ketones is 1. The van der Waals surface area contributed by atoms with Crippen LogP contribution in [0.4, 0.5) is 0 Å². The molecule has 2 aliphatic rings. The lowest BCUT2D eigenvalue weighted by atomic mass is 9.45. The Morgan fingerprint density at radius 3 is 2.25 bits per heavy atom. The lowest BCUT2D eigenvalue weighted by Crippen LogP contribution is -2.60. The fourth-order valence-electron chi connectivity index (χ4n) is 6.33. The van der Waals surface area contributed by atoms with Crippen LogP contribution >= 0.6 is 0 Å². The van der Waals surface area contributed by atoms with E-state index < -0.39 is 0 Å². The third kappa shape index (κ3) is 3.51. The predicted octanol–water partition coefficient (Wildman–Crippen LogP) is 4.27. The van der Waals surface area contributed by atoms with Gasteiger partial charge < -0.3 is 15.5 Å². The molecule has 2 saturated carbocycles. The number of carbonyl (C=O) groups excluding carboxylic acids is 2. The molecule has 3 N–H and O–H groups in total. The zero-order chi connectivity index (χ0) is 20.9. The standard InChI is InChI=1S/C23H33NO4/c1-13-18(24-14(2)25)12-19-22(3,4)7-6-8-23(19,5)20(13)21(28)15-9-16(26)11-17(27)10-15/h9-11,13,18-20,26-27H,6-8,12H2,1-5H3,(H,24,25)/t13-,18-,19+,20-,23+/m1/s1. The quantitative estimate of drug-likeness (QED) is 0.676. The second-order valence-corrected chi connectivity index (χ2v) is 9.88. The van der Waals surface area contributed by atoms with Crippen LogP contribution in [0.1, 0.15) is 70.7 Å². The summed E-state index contributed by atoms with van der Waals surface area (Å²) in [7, 11) is 0. The summed E-state index contributed by atoms with van der Waals surface area (Å²) in [4.78, 5) is 25.5. The van der Waals surface area contributed by atoms with Crippen molar-refractivity contribution in [2.24, 2.45) is 28.6 Å². The van der Waals surface area contributed by atoms with Gasteiger partial charge in [-0.3, -0.25) is 9.59 Å². The lowest BCUT2D eigenvalue weighted by Gasteiger charge is -2.60. The van der Waals surface area contributed by atoms with Gasteiger partial charge in [0.2, 0.25) is 5.91 Å². The van der Waals surface area contributed by atoms with Crippen LogP contribution in [0.3, 0.4) is 0 Å². The number of nitrogens with one attached hydrogen (secondary N) is 1. The van der Waals surface area contributed by atoms with Gasteiger partial charge in [0.25, 0.3) is 0 Å². The largest absolute Gasteiger partial charge is 0.508 e. The van der Waals surface area contributed by atoms with Gasteiger partial charge in [-0.25, -0.2) is 0 Å². The van der Waals surface area contributed by atoms with E-state index in [0.717, 1.165) is 25.7 Å². The Labute approximate surface area is 167 Å². The zero-order valence-electron chi connectivity index (χ0n) is 17.6. The topological polar surface area (TPSA) is 86.6 Å². The normalized spacial score (nSPS) is 34.3. The first-order valence-electron chi connectivity index (χ1n) is 10.3. The molecule has 5 heteroatoms. The van der Waals surface area contributed by atoms with Crippen molar-refractivity contribution in [2.75, 3.05) is 0 Å². The van der Waals surface area contributed by atoms with Crippen LogP contribution in [-0.2, 0) is 4.79 Å². The van der Waals surface area contributed by atoms with Crippen molar-refractivity contribution >= 4 is 11.7 Å². The van der Waals surface area contributed by atoms with Crippen molar-refractivity contribution in [3.05, 3.63) is 23.8 Å². The fourth-order valence-corrected chi connectivity index (χ4v) is 6.33. The molecule has 1 amide bonds. The first-order valence-corrected chi connectivity index (χ1v) is 10.3. The molecule has 28 heavy (non-hydrogen) atoms. The lowest BCUT2D eigenvalue weighted by molar-refractivity contribution is -0.125. The summed E-state index contributed by atoms with van der Waals surface area (Å²) >= 11 is 0. The van der Waals surface area contributed by atoms with Crippen molar-refractivity contribution in [1.29, 1.82) is 0 Å². The minimum Gasteiger partial charge on any atom is -0.508 e. The molecule has 0 aliphatic heterocycles. The number of hydrogen-bond acceptors (Lipinski definition) is 4. The van der Waals surface area contributed by atoms with Crippen molar-refractivity contribution in [3.8, 4) is 11.5 Å². The molecule has 0 radical (unpaired) electrons. The Hall–Kier alpha value is -2.04. The van der Waals surface area contributed by atoms with Gasteiger partial charge in [0.05, 0.1) is 0 Å². The molecule has 0 heterocycles. The van der Waals surface area contributed by atoms with E-state index in [1.54, 1.807) is 0 Å². The van der Waals surface area contributed by atoms with Crippen molar-refractivity contribution in [3.63, 3.8) is 0 Å². The maximum atomic E-state index is 13.7. The number of carbonyl (C=O) groups is 2. The summed E-state index contributed by atoms with van der Waals surface area (Å²) in [5, 5.41) is 22.9. The number of Topliss-reactive ketones (excluding diaryl/α,β-unsaturated/α-hetero) is 1. The Bertz CT molecular complexity index is 767. The van der Waals surface area contributed by atoms with Crippen molar-refractivity contribution in [1.82, 2.24) is 5.32 Å². The molecule has 0 aromatic heterocycles. The summed E-state index contributed by atoms with van der Waals surface area (Å²) in [5.74, 6) is -0.373. The van der Waals surface area contributed by atoms with E-state index in [-0.39, 0.29) is 51.9 Å². The summed E-state index contributed by atoms with van der Waals surface area (Å²) in [6.07, 6.45) is 4.04. The maximum Gasteiger partial charge on any atom is 0.217 e. The molecule has 1 aromatic carbocycles. The van der Waals surface area contributed by atoms with E-state index in [4.69, 9.17) is 0 Å². The van der Waals surface area contributed by atoms with E-state index in [0.29, 0.717) is 11.5 Å². The van der Waals surface area contributed by atoms with Crippen LogP contribution in [-0.4, -0.2) is 27.9 Å². The molecular formula is C23H33NO4. The molecule has 0 saturated heterocycles. The Morgan fingerprint density at radius 2 is 1.68 bits per heavy atom. The molecule has 5 nitrogen and oxygen atoms in total. The highest BCUT2D eigenvalue weighted by Crippen LogP contribution is 2.61. The second kappa shape index (κ2) is 7.09. The molecule has 154 valence electrons. The summed E-state index contributed by atoms with van der Waals surface area (Å²) in [5.41, 5.74) is 0.235. The van der Waals surface area contributed by atoms with E-state index in [9.17, 15) is 19.8 Å². The van der Waals surface area contributed by atoms with Gasteiger partial charge in [0, 0.05) is 30.5 Å². The van der Waals surface area contributed by atoms with Crippen LogP contribution in [0.15, 0.2) is 18.2 Å². The highest BCUT2D eigenvalue weighted by atomic mass is 16.3. The van der Waals surface area contributed by atoms with Crippen LogP contribution in [0.25, 0.3) is 0 Å². The monoisotopic (exact) mass is 387 g/mol. The number of fused-ring (bicyclic) bond motifs is 1. The molecule has 5 atom stereocenters. The minimum absolute atomic E-state index is 0.0314. The molecular weight excluding hydrogens is 354 g/mol. The SMILES string of the molecule is CC(=O)N[C@@H]1C[C@H]2C(C)(C)CCC[C@]2(C)[C@@H](C(=O)c2cc(O)cc(O)c2)[C@@H]1C. The zero-order valence-corrected chi connectivity index (χ0v) is 17.6. The van der Waals surface area contributed by atoms with Gasteiger partial charge >= 0.3 is 0 Å². The number of aromatic hydroxyl groups is 2. The fraction of sp³-hybridized carbons (Fsp3) is 0.652. The van der Waals surface area contributed by atoms with Gasteiger partial charge in [0.15, 0.2) is 5.78 Å². The van der Waals surface area contributed by atoms with Gasteiger partial charge in [-0.2, -0.15) is 0 Å². The van der Waals surface area contributed by atoms with Crippen LogP contribution in [0.2, 0.25) is 0 Å². The number of phenolic OH excluding ortho intramolecular Hbond substituents is 2. The predicted molar refractivity (Wildman–Crippen MR) is 108 cm³/mol. The Balaban J connectivity index is 2.08. The summed E-state index contributed by atoms with van der Waals surface area (Å²) in [6, 6.07) is 4.04. The first kappa shape index (κ1) is 20.7. The van der Waals surface area contributed by atoms with Crippen LogP contribution in [0, 0.1) is 28.6 Å². The van der Waals surface area contributed by atoms with Crippen LogP contribution < -0.4 is 5.32 Å². The molecule has 0 spiro atoms. The average molecular weight is 388 g/mol. The molecule has 2 aliphatic carbocycles. The number of rotatable bonds is 3. The third-order valence-electron chi connectivity index (χ3n) is 7.49. The molecule has 2 fully saturated rings. The maximum absolute atomic E-state index is 13.7. The second-order valence-electron chi connectivity index (χ2n) is 9.88. The average Bonchev–Trinajstić information content (AvgIpc) is 2.54. The minimum atomic E-state index is -0.288. The molecule has 1 aromatic rings. The highest BCUT2D eigenvalue weighted by Gasteiger charge is 2.58. The first-order chi connectivity index (χ1) is 13.0. The van der Waals surface area contributed by atoms with E-state index in [2.05, 4.69) is 33.0 Å². The summed E-state index contributed by atoms with van der Waals surface area (Å²) in [6.45, 7) is 10.4. The highest BCUT2D eigenvalue weighted by molar-refractivity contribution is 5.99.